The van der Waals surface area contributed by atoms with E-state index in [2.05, 4.69) is 83.4 Å². The Morgan fingerprint density at radius 3 is 2.57 bits per heavy atom. The van der Waals surface area contributed by atoms with Gasteiger partial charge in [-0.2, -0.15) is 0 Å². The van der Waals surface area contributed by atoms with Crippen molar-refractivity contribution in [1.82, 2.24) is 4.98 Å². The maximum Gasteiger partial charge on any atom is 0.226 e. The Bertz CT molecular complexity index is 1010. The van der Waals surface area contributed by atoms with Gasteiger partial charge in [0, 0.05) is 16.9 Å². The van der Waals surface area contributed by atoms with E-state index in [1.807, 2.05) is 13.0 Å². The molecule has 1 aromatic heterocycles. The largest absolute Gasteiger partial charge is 0.492 e. The van der Waals surface area contributed by atoms with Gasteiger partial charge in [-0.25, -0.2) is 4.98 Å². The van der Waals surface area contributed by atoms with Crippen molar-refractivity contribution in [3.8, 4) is 17.0 Å². The van der Waals surface area contributed by atoms with E-state index in [-0.39, 0.29) is 5.91 Å². The van der Waals surface area contributed by atoms with E-state index in [1.165, 1.54) is 22.5 Å². The molecule has 2 aromatic carbocycles. The Morgan fingerprint density at radius 1 is 1.17 bits per heavy atom. The summed E-state index contributed by atoms with van der Waals surface area (Å²) in [7, 11) is 0. The Hall–Kier alpha value is -2.18. The predicted molar refractivity (Wildman–Crippen MR) is 129 cm³/mol. The molecule has 1 heterocycles. The van der Waals surface area contributed by atoms with Gasteiger partial charge < -0.3 is 10.1 Å². The number of thiazole rings is 1. The summed E-state index contributed by atoms with van der Waals surface area (Å²) in [5, 5.41) is 3.56. The first-order valence-electron chi connectivity index (χ1n) is 10.1. The van der Waals surface area contributed by atoms with Gasteiger partial charge >= 0.3 is 0 Å². The van der Waals surface area contributed by atoms with Crippen LogP contribution in [0.4, 0.5) is 5.13 Å². The third-order valence-corrected chi connectivity index (χ3v) is 6.30. The number of carbonyl (C=O) groups excluding carboxylic acids is 1. The molecule has 0 aliphatic heterocycles. The van der Waals surface area contributed by atoms with Gasteiger partial charge in [0.1, 0.15) is 5.75 Å². The first-order valence-corrected chi connectivity index (χ1v) is 11.7. The van der Waals surface area contributed by atoms with E-state index in [9.17, 15) is 4.79 Å². The molecule has 0 bridgehead atoms. The maximum atomic E-state index is 12.3. The van der Waals surface area contributed by atoms with Crippen LogP contribution in [-0.2, 0) is 4.79 Å². The topological polar surface area (TPSA) is 51.2 Å². The Balaban J connectivity index is 1.48. The minimum Gasteiger partial charge on any atom is -0.492 e. The molecule has 158 valence electrons. The molecule has 0 radical (unpaired) electrons. The molecule has 3 aromatic rings. The van der Waals surface area contributed by atoms with Crippen LogP contribution in [0.1, 0.15) is 48.6 Å². The highest BCUT2D eigenvalue weighted by molar-refractivity contribution is 9.10. The van der Waals surface area contributed by atoms with E-state index >= 15 is 0 Å². The summed E-state index contributed by atoms with van der Waals surface area (Å²) in [4.78, 5) is 18.0. The fourth-order valence-corrected chi connectivity index (χ4v) is 4.38. The number of aryl methyl sites for hydroxylation is 2. The SMILES string of the molecule is Cc1ccc(-c2nc(NC(=O)CCCOc3ccc(C(C)C)cc3Br)sc2C)cc1. The molecule has 0 saturated heterocycles. The number of hydrogen-bond donors (Lipinski definition) is 1. The lowest BCUT2D eigenvalue weighted by Crippen LogP contribution is -2.12. The number of nitrogens with one attached hydrogen (secondary N) is 1. The number of anilines is 1. The van der Waals surface area contributed by atoms with Crippen molar-refractivity contribution in [3.05, 3.63) is 62.9 Å². The summed E-state index contributed by atoms with van der Waals surface area (Å²) in [6, 6.07) is 14.4. The van der Waals surface area contributed by atoms with Crippen LogP contribution in [0, 0.1) is 13.8 Å². The number of amides is 1. The number of carbonyl (C=O) groups is 1. The standard InChI is InChI=1S/C24H27BrN2O2S/c1-15(2)19-11-12-21(20(25)14-19)29-13-5-6-22(28)26-24-27-23(17(4)30-24)18-9-7-16(3)8-10-18/h7-12,14-15H,5-6,13H2,1-4H3,(H,26,27,28). The Morgan fingerprint density at radius 2 is 1.90 bits per heavy atom. The molecular weight excluding hydrogens is 460 g/mol. The molecule has 0 aliphatic carbocycles. The lowest BCUT2D eigenvalue weighted by atomic mass is 10.0. The van der Waals surface area contributed by atoms with Crippen molar-refractivity contribution < 1.29 is 9.53 Å². The first kappa shape index (κ1) is 22.5. The van der Waals surface area contributed by atoms with E-state index in [0.29, 0.717) is 30.5 Å². The third kappa shape index (κ3) is 5.92. The van der Waals surface area contributed by atoms with E-state index in [0.717, 1.165) is 26.4 Å². The van der Waals surface area contributed by atoms with Gasteiger partial charge in [-0.05, 0) is 59.8 Å². The molecular formula is C24H27BrN2O2S. The van der Waals surface area contributed by atoms with Gasteiger partial charge in [-0.1, -0.05) is 49.7 Å². The number of halogens is 1. The van der Waals surface area contributed by atoms with Crippen molar-refractivity contribution in [1.29, 1.82) is 0 Å². The van der Waals surface area contributed by atoms with Gasteiger partial charge in [0.2, 0.25) is 5.91 Å². The van der Waals surface area contributed by atoms with Crippen molar-refractivity contribution in [2.75, 3.05) is 11.9 Å². The van der Waals surface area contributed by atoms with Crippen LogP contribution in [0.15, 0.2) is 46.9 Å². The fourth-order valence-electron chi connectivity index (χ4n) is 3.02. The van der Waals surface area contributed by atoms with Gasteiger partial charge in [-0.15, -0.1) is 11.3 Å². The van der Waals surface area contributed by atoms with E-state index in [1.54, 1.807) is 0 Å². The normalized spacial score (nSPS) is 11.0. The summed E-state index contributed by atoms with van der Waals surface area (Å²) in [6.45, 7) is 8.90. The molecule has 30 heavy (non-hydrogen) atoms. The summed E-state index contributed by atoms with van der Waals surface area (Å²) in [5.41, 5.74) is 4.47. The molecule has 3 rings (SSSR count). The van der Waals surface area contributed by atoms with Crippen molar-refractivity contribution in [2.24, 2.45) is 0 Å². The second kappa shape index (κ2) is 10.2. The zero-order chi connectivity index (χ0) is 21.7. The van der Waals surface area contributed by atoms with Crippen LogP contribution >= 0.6 is 27.3 Å². The highest BCUT2D eigenvalue weighted by atomic mass is 79.9. The number of hydrogen-bond acceptors (Lipinski definition) is 4. The summed E-state index contributed by atoms with van der Waals surface area (Å²) in [6.07, 6.45) is 1.03. The zero-order valence-corrected chi connectivity index (χ0v) is 20.2. The van der Waals surface area contributed by atoms with Crippen molar-refractivity contribution >= 4 is 38.3 Å². The van der Waals surface area contributed by atoms with Gasteiger partial charge in [-0.3, -0.25) is 4.79 Å². The minimum absolute atomic E-state index is 0.0444. The number of aromatic nitrogens is 1. The molecule has 0 spiro atoms. The number of rotatable bonds is 8. The highest BCUT2D eigenvalue weighted by Gasteiger charge is 2.12. The zero-order valence-electron chi connectivity index (χ0n) is 17.8. The molecule has 1 N–H and O–H groups in total. The molecule has 0 saturated carbocycles. The quantitative estimate of drug-likeness (QED) is 0.345. The predicted octanol–water partition coefficient (Wildman–Crippen LogP) is 7.11. The lowest BCUT2D eigenvalue weighted by molar-refractivity contribution is -0.116. The average Bonchev–Trinajstić information content (AvgIpc) is 3.06. The molecule has 4 nitrogen and oxygen atoms in total. The monoisotopic (exact) mass is 486 g/mol. The molecule has 0 atom stereocenters. The molecule has 0 aliphatic rings. The van der Waals surface area contributed by atoms with Crippen LogP contribution in [0.5, 0.6) is 5.75 Å². The van der Waals surface area contributed by atoms with Crippen molar-refractivity contribution in [2.45, 2.75) is 46.5 Å². The Labute approximate surface area is 190 Å². The van der Waals surface area contributed by atoms with Crippen LogP contribution in [0.3, 0.4) is 0 Å². The number of benzene rings is 2. The summed E-state index contributed by atoms with van der Waals surface area (Å²) < 4.78 is 6.77. The van der Waals surface area contributed by atoms with Crippen molar-refractivity contribution in [3.63, 3.8) is 0 Å². The third-order valence-electron chi connectivity index (χ3n) is 4.80. The second-order valence-electron chi connectivity index (χ2n) is 7.63. The van der Waals surface area contributed by atoms with E-state index in [4.69, 9.17) is 4.74 Å². The molecule has 1 amide bonds. The fraction of sp³-hybridized carbons (Fsp3) is 0.333. The number of nitrogens with zero attached hydrogens (tertiary/aromatic N) is 1. The van der Waals surface area contributed by atoms with Crippen LogP contribution in [0.25, 0.3) is 11.3 Å². The van der Waals surface area contributed by atoms with Crippen LogP contribution < -0.4 is 10.1 Å². The highest BCUT2D eigenvalue weighted by Crippen LogP contribution is 2.31. The molecule has 0 fully saturated rings. The smallest absolute Gasteiger partial charge is 0.226 e. The lowest BCUT2D eigenvalue weighted by Gasteiger charge is -2.11. The van der Waals surface area contributed by atoms with Crippen LogP contribution in [-0.4, -0.2) is 17.5 Å². The minimum atomic E-state index is -0.0444. The van der Waals surface area contributed by atoms with E-state index < -0.39 is 0 Å². The molecule has 6 heteroatoms. The maximum absolute atomic E-state index is 12.3. The second-order valence-corrected chi connectivity index (χ2v) is 9.69. The van der Waals surface area contributed by atoms with Gasteiger partial charge in [0.05, 0.1) is 16.8 Å². The summed E-state index contributed by atoms with van der Waals surface area (Å²) in [5.74, 6) is 1.23. The Kier molecular flexibility index (Phi) is 7.67. The molecule has 0 unspecified atom stereocenters. The number of ether oxygens (including phenoxy) is 1. The first-order chi connectivity index (χ1) is 14.3. The van der Waals surface area contributed by atoms with Gasteiger partial charge in [0.15, 0.2) is 5.13 Å². The van der Waals surface area contributed by atoms with Gasteiger partial charge in [0.25, 0.3) is 0 Å². The summed E-state index contributed by atoms with van der Waals surface area (Å²) >= 11 is 5.06. The average molecular weight is 487 g/mol. The van der Waals surface area contributed by atoms with Crippen LogP contribution in [0.2, 0.25) is 0 Å².